The molecule has 150 valence electrons. The summed E-state index contributed by atoms with van der Waals surface area (Å²) in [5.74, 6) is -0.370. The number of nitrogens with zero attached hydrogens (tertiary/aromatic N) is 1. The molecule has 5 nitrogen and oxygen atoms in total. The number of likely N-dealkylation sites (N-methyl/N-ethyl adjacent to an activating group) is 1. The third-order valence-corrected chi connectivity index (χ3v) is 5.55. The fourth-order valence-electron chi connectivity index (χ4n) is 2.46. The van der Waals surface area contributed by atoms with E-state index in [1.54, 1.807) is 43.3 Å². The molecule has 1 atom stereocenters. The SMILES string of the molecule is CNC(=O)[C@@H](C)N(Cc1c(Cl)cccc1Cl)C(=O)COc1ccc(Br)cc1Cl. The molecule has 0 spiro atoms. The number of nitrogens with one attached hydrogen (secondary N) is 1. The smallest absolute Gasteiger partial charge is 0.261 e. The predicted octanol–water partition coefficient (Wildman–Crippen LogP) is 4.95. The van der Waals surface area contributed by atoms with Gasteiger partial charge in [0.1, 0.15) is 11.8 Å². The van der Waals surface area contributed by atoms with Crippen molar-refractivity contribution in [1.29, 1.82) is 0 Å². The Morgan fingerprint density at radius 3 is 2.36 bits per heavy atom. The lowest BCUT2D eigenvalue weighted by molar-refractivity contribution is -0.142. The van der Waals surface area contributed by atoms with Crippen LogP contribution in [0.5, 0.6) is 5.75 Å². The molecule has 2 aromatic carbocycles. The second-order valence-corrected chi connectivity index (χ2v) is 8.01. The average molecular weight is 509 g/mol. The highest BCUT2D eigenvalue weighted by molar-refractivity contribution is 9.10. The average Bonchev–Trinajstić information content (AvgIpc) is 2.65. The zero-order valence-corrected chi connectivity index (χ0v) is 19.0. The van der Waals surface area contributed by atoms with Crippen molar-refractivity contribution in [2.75, 3.05) is 13.7 Å². The zero-order valence-electron chi connectivity index (χ0n) is 15.1. The van der Waals surface area contributed by atoms with Crippen molar-refractivity contribution in [2.24, 2.45) is 0 Å². The molecule has 0 aromatic heterocycles. The van der Waals surface area contributed by atoms with Crippen LogP contribution in [-0.2, 0) is 16.1 Å². The Labute approximate surface area is 187 Å². The summed E-state index contributed by atoms with van der Waals surface area (Å²) in [5, 5.41) is 3.72. The minimum Gasteiger partial charge on any atom is -0.482 e. The molecule has 0 heterocycles. The molecular weight excluding hydrogens is 490 g/mol. The first-order valence-corrected chi connectivity index (χ1v) is 10.2. The molecule has 0 saturated heterocycles. The first kappa shape index (κ1) is 22.8. The molecule has 0 unspecified atom stereocenters. The lowest BCUT2D eigenvalue weighted by Crippen LogP contribution is -2.48. The van der Waals surface area contributed by atoms with E-state index in [2.05, 4.69) is 21.2 Å². The topological polar surface area (TPSA) is 58.6 Å². The molecule has 2 aromatic rings. The summed E-state index contributed by atoms with van der Waals surface area (Å²) in [7, 11) is 1.50. The number of benzene rings is 2. The minimum atomic E-state index is -0.756. The summed E-state index contributed by atoms with van der Waals surface area (Å²) >= 11 is 21.9. The third kappa shape index (κ3) is 5.77. The van der Waals surface area contributed by atoms with Gasteiger partial charge in [-0.15, -0.1) is 0 Å². The molecule has 28 heavy (non-hydrogen) atoms. The molecule has 0 aliphatic carbocycles. The molecule has 9 heteroatoms. The number of rotatable bonds is 7. The quantitative estimate of drug-likeness (QED) is 0.576. The maximum absolute atomic E-state index is 12.9. The van der Waals surface area contributed by atoms with Gasteiger partial charge in [0.15, 0.2) is 6.61 Å². The van der Waals surface area contributed by atoms with E-state index in [0.29, 0.717) is 26.4 Å². The minimum absolute atomic E-state index is 0.0589. The van der Waals surface area contributed by atoms with Crippen LogP contribution in [-0.4, -0.2) is 36.4 Å². The first-order valence-electron chi connectivity index (χ1n) is 8.26. The summed E-state index contributed by atoms with van der Waals surface area (Å²) in [6.45, 7) is 1.38. The van der Waals surface area contributed by atoms with Crippen LogP contribution in [0.1, 0.15) is 12.5 Å². The fraction of sp³-hybridized carbons (Fsp3) is 0.263. The van der Waals surface area contributed by atoms with Gasteiger partial charge in [0, 0.05) is 33.7 Å². The number of carbonyl (C=O) groups excluding carboxylic acids is 2. The van der Waals surface area contributed by atoms with Gasteiger partial charge < -0.3 is 15.0 Å². The molecule has 1 N–H and O–H groups in total. The Balaban J connectivity index is 2.22. The van der Waals surface area contributed by atoms with E-state index in [1.165, 1.54) is 11.9 Å². The van der Waals surface area contributed by atoms with Crippen LogP contribution in [0, 0.1) is 0 Å². The summed E-state index contributed by atoms with van der Waals surface area (Å²) in [6, 6.07) is 9.37. The van der Waals surface area contributed by atoms with E-state index in [4.69, 9.17) is 39.5 Å². The van der Waals surface area contributed by atoms with Crippen LogP contribution >= 0.6 is 50.7 Å². The number of ether oxygens (including phenoxy) is 1. The Kier molecular flexibility index (Phi) is 8.43. The monoisotopic (exact) mass is 506 g/mol. The molecule has 2 rings (SSSR count). The van der Waals surface area contributed by atoms with Crippen LogP contribution < -0.4 is 10.1 Å². The van der Waals surface area contributed by atoms with Crippen molar-refractivity contribution in [1.82, 2.24) is 10.2 Å². The van der Waals surface area contributed by atoms with Gasteiger partial charge in [0.25, 0.3) is 5.91 Å². The second kappa shape index (κ2) is 10.3. The highest BCUT2D eigenvalue weighted by Crippen LogP contribution is 2.29. The molecule has 0 fully saturated rings. The van der Waals surface area contributed by atoms with Gasteiger partial charge in [0.2, 0.25) is 5.91 Å². The largest absolute Gasteiger partial charge is 0.482 e. The molecule has 2 amide bonds. The maximum atomic E-state index is 12.9. The van der Waals surface area contributed by atoms with Crippen LogP contribution in [0.2, 0.25) is 15.1 Å². The van der Waals surface area contributed by atoms with Gasteiger partial charge >= 0.3 is 0 Å². The molecular formula is C19H18BrCl3N2O3. The Morgan fingerprint density at radius 1 is 1.14 bits per heavy atom. The Bertz CT molecular complexity index is 859. The number of hydrogen-bond acceptors (Lipinski definition) is 3. The van der Waals surface area contributed by atoms with Crippen molar-refractivity contribution in [2.45, 2.75) is 19.5 Å². The number of amides is 2. The normalized spacial score (nSPS) is 11.6. The number of carbonyl (C=O) groups is 2. The van der Waals surface area contributed by atoms with E-state index < -0.39 is 11.9 Å². The zero-order chi connectivity index (χ0) is 20.8. The van der Waals surface area contributed by atoms with Gasteiger partial charge in [-0.2, -0.15) is 0 Å². The fourth-order valence-corrected chi connectivity index (χ4v) is 3.70. The van der Waals surface area contributed by atoms with Crippen molar-refractivity contribution >= 4 is 62.5 Å². The highest BCUT2D eigenvalue weighted by Gasteiger charge is 2.27. The van der Waals surface area contributed by atoms with Crippen molar-refractivity contribution in [3.05, 3.63) is 61.5 Å². The van der Waals surface area contributed by atoms with Crippen LogP contribution in [0.25, 0.3) is 0 Å². The summed E-state index contributed by atoms with van der Waals surface area (Å²) in [4.78, 5) is 26.4. The van der Waals surface area contributed by atoms with Crippen molar-refractivity contribution in [3.8, 4) is 5.75 Å². The van der Waals surface area contributed by atoms with E-state index in [1.807, 2.05) is 0 Å². The van der Waals surface area contributed by atoms with Crippen molar-refractivity contribution in [3.63, 3.8) is 0 Å². The predicted molar refractivity (Wildman–Crippen MR) is 115 cm³/mol. The Hall–Kier alpha value is -1.47. The van der Waals surface area contributed by atoms with Gasteiger partial charge in [-0.1, -0.05) is 56.8 Å². The molecule has 0 saturated carbocycles. The lowest BCUT2D eigenvalue weighted by atomic mass is 10.1. The standard InChI is InChI=1S/C19H18BrCl3N2O3/c1-11(19(27)24-2)25(9-13-14(21)4-3-5-15(13)22)18(26)10-28-17-7-6-12(20)8-16(17)23/h3-8,11H,9-10H2,1-2H3,(H,24,27)/t11-/m1/s1. The maximum Gasteiger partial charge on any atom is 0.261 e. The summed E-state index contributed by atoms with van der Waals surface area (Å²) < 4.78 is 6.35. The van der Waals surface area contributed by atoms with Gasteiger partial charge in [-0.3, -0.25) is 9.59 Å². The van der Waals surface area contributed by atoms with Gasteiger partial charge in [0.05, 0.1) is 5.02 Å². The van der Waals surface area contributed by atoms with E-state index >= 15 is 0 Å². The van der Waals surface area contributed by atoms with E-state index in [9.17, 15) is 9.59 Å². The van der Waals surface area contributed by atoms with Gasteiger partial charge in [-0.25, -0.2) is 0 Å². The van der Waals surface area contributed by atoms with Crippen molar-refractivity contribution < 1.29 is 14.3 Å². The summed E-state index contributed by atoms with van der Waals surface area (Å²) in [6.07, 6.45) is 0. The molecule has 0 aliphatic heterocycles. The van der Waals surface area contributed by atoms with Crippen LogP contribution in [0.3, 0.4) is 0 Å². The van der Waals surface area contributed by atoms with Crippen LogP contribution in [0.15, 0.2) is 40.9 Å². The van der Waals surface area contributed by atoms with E-state index in [-0.39, 0.29) is 19.1 Å². The lowest BCUT2D eigenvalue weighted by Gasteiger charge is -2.29. The first-order chi connectivity index (χ1) is 13.2. The number of hydrogen-bond donors (Lipinski definition) is 1. The molecule has 0 aliphatic rings. The Morgan fingerprint density at radius 2 is 1.79 bits per heavy atom. The number of halogens is 4. The third-order valence-electron chi connectivity index (χ3n) is 4.05. The molecule has 0 bridgehead atoms. The van der Waals surface area contributed by atoms with Crippen LogP contribution in [0.4, 0.5) is 0 Å². The highest BCUT2D eigenvalue weighted by atomic mass is 79.9. The van der Waals surface area contributed by atoms with E-state index in [0.717, 1.165) is 4.47 Å². The molecule has 0 radical (unpaired) electrons. The second-order valence-electron chi connectivity index (χ2n) is 5.88. The summed E-state index contributed by atoms with van der Waals surface area (Å²) in [5.41, 5.74) is 0.552. The van der Waals surface area contributed by atoms with Gasteiger partial charge in [-0.05, 0) is 37.3 Å².